The van der Waals surface area contributed by atoms with Crippen LogP contribution in [0.1, 0.15) is 6.42 Å². The molecule has 1 aliphatic rings. The Morgan fingerprint density at radius 3 is 2.89 bits per heavy atom. The minimum absolute atomic E-state index is 0.485. The first kappa shape index (κ1) is 12.8. The van der Waals surface area contributed by atoms with Crippen LogP contribution >= 0.6 is 0 Å². The maximum atomic E-state index is 5.38. The summed E-state index contributed by atoms with van der Waals surface area (Å²) >= 11 is 0. The van der Waals surface area contributed by atoms with Crippen molar-refractivity contribution in [3.8, 4) is 5.75 Å². The van der Waals surface area contributed by atoms with Gasteiger partial charge in [0.25, 0.3) is 0 Å². The molecule has 1 unspecified atom stereocenters. The fraction of sp³-hybridized carbons (Fsp3) is 0.636. The van der Waals surface area contributed by atoms with Gasteiger partial charge < -0.3 is 20.4 Å². The molecule has 2 heterocycles. The van der Waals surface area contributed by atoms with Gasteiger partial charge in [0.15, 0.2) is 11.6 Å². The first-order chi connectivity index (χ1) is 8.74. The number of aromatic nitrogens is 2. The number of hydrogen-bond acceptors (Lipinski definition) is 7. The topological polar surface area (TPSA) is 88.3 Å². The molecule has 0 aromatic carbocycles. The average Bonchev–Trinajstić information content (AvgIpc) is 2.81. The summed E-state index contributed by atoms with van der Waals surface area (Å²) in [7, 11) is 3.72. The van der Waals surface area contributed by atoms with E-state index < -0.39 is 0 Å². The first-order valence-electron chi connectivity index (χ1n) is 6.02. The van der Waals surface area contributed by atoms with E-state index in [2.05, 4.69) is 32.7 Å². The number of anilines is 2. The number of hydrogen-bond donors (Lipinski definition) is 3. The summed E-state index contributed by atoms with van der Waals surface area (Å²) in [6.45, 7) is 3.15. The summed E-state index contributed by atoms with van der Waals surface area (Å²) in [5.74, 6) is 7.73. The smallest absolute Gasteiger partial charge is 0.205 e. The van der Waals surface area contributed by atoms with Gasteiger partial charge in [0, 0.05) is 13.1 Å². The maximum absolute atomic E-state index is 5.38. The Morgan fingerprint density at radius 1 is 1.50 bits per heavy atom. The molecule has 0 saturated carbocycles. The minimum atomic E-state index is 0.485. The van der Waals surface area contributed by atoms with E-state index in [1.807, 2.05) is 0 Å². The highest BCUT2D eigenvalue weighted by Crippen LogP contribution is 2.28. The summed E-state index contributed by atoms with van der Waals surface area (Å²) in [5.41, 5.74) is 2.50. The van der Waals surface area contributed by atoms with E-state index in [1.165, 1.54) is 12.7 Å². The van der Waals surface area contributed by atoms with E-state index in [9.17, 15) is 0 Å². The lowest BCUT2D eigenvalue weighted by molar-refractivity contribution is 0.398. The zero-order chi connectivity index (χ0) is 13.0. The molecular weight excluding hydrogens is 232 g/mol. The molecule has 1 aromatic rings. The molecule has 0 bridgehead atoms. The van der Waals surface area contributed by atoms with Crippen molar-refractivity contribution in [2.24, 2.45) is 11.8 Å². The van der Waals surface area contributed by atoms with Crippen molar-refractivity contribution < 1.29 is 4.74 Å². The Bertz CT molecular complexity index is 399. The van der Waals surface area contributed by atoms with E-state index in [0.717, 1.165) is 19.6 Å². The molecule has 1 atom stereocenters. The second-order valence-electron chi connectivity index (χ2n) is 4.55. The molecule has 0 radical (unpaired) electrons. The van der Waals surface area contributed by atoms with E-state index in [1.54, 1.807) is 7.11 Å². The molecule has 1 aromatic heterocycles. The van der Waals surface area contributed by atoms with Crippen LogP contribution < -0.4 is 21.3 Å². The summed E-state index contributed by atoms with van der Waals surface area (Å²) in [6.07, 6.45) is 2.67. The van der Waals surface area contributed by atoms with E-state index >= 15 is 0 Å². The highest BCUT2D eigenvalue weighted by atomic mass is 16.5. The van der Waals surface area contributed by atoms with Crippen molar-refractivity contribution in [1.82, 2.24) is 14.9 Å². The van der Waals surface area contributed by atoms with Gasteiger partial charge in [0.05, 0.1) is 7.11 Å². The number of rotatable bonds is 5. The van der Waals surface area contributed by atoms with Crippen LogP contribution in [0, 0.1) is 5.92 Å². The largest absolute Gasteiger partial charge is 0.490 e. The molecule has 1 saturated heterocycles. The molecule has 0 spiro atoms. The Labute approximate surface area is 107 Å². The van der Waals surface area contributed by atoms with Gasteiger partial charge >= 0.3 is 0 Å². The van der Waals surface area contributed by atoms with E-state index in [-0.39, 0.29) is 0 Å². The third-order valence-corrected chi connectivity index (χ3v) is 3.19. The van der Waals surface area contributed by atoms with Gasteiger partial charge in [-0.15, -0.1) is 0 Å². The molecule has 0 amide bonds. The van der Waals surface area contributed by atoms with Crippen LogP contribution in [0.4, 0.5) is 11.6 Å². The molecule has 4 N–H and O–H groups in total. The summed E-state index contributed by atoms with van der Waals surface area (Å²) in [6, 6.07) is 0. The highest BCUT2D eigenvalue weighted by molar-refractivity contribution is 5.62. The van der Waals surface area contributed by atoms with Crippen LogP contribution in [0.5, 0.6) is 5.75 Å². The number of hydrazine groups is 1. The van der Waals surface area contributed by atoms with Crippen LogP contribution in [0.15, 0.2) is 6.33 Å². The molecule has 1 aliphatic heterocycles. The SMILES string of the molecule is COc1c(NN)ncnc1NCC1CCN(C)C1. The number of likely N-dealkylation sites (tertiary alicyclic amines) is 1. The highest BCUT2D eigenvalue weighted by Gasteiger charge is 2.20. The van der Waals surface area contributed by atoms with Crippen LogP contribution in [-0.2, 0) is 0 Å². The van der Waals surface area contributed by atoms with Gasteiger partial charge in [0.2, 0.25) is 5.75 Å². The molecule has 1 fully saturated rings. The van der Waals surface area contributed by atoms with Gasteiger partial charge in [-0.1, -0.05) is 0 Å². The number of nitrogens with two attached hydrogens (primary N) is 1. The van der Waals surface area contributed by atoms with E-state index in [0.29, 0.717) is 23.3 Å². The van der Waals surface area contributed by atoms with Gasteiger partial charge in [-0.3, -0.25) is 0 Å². The first-order valence-corrected chi connectivity index (χ1v) is 6.02. The van der Waals surface area contributed by atoms with Gasteiger partial charge in [-0.05, 0) is 25.9 Å². The Hall–Kier alpha value is -1.60. The molecule has 100 valence electrons. The zero-order valence-corrected chi connectivity index (χ0v) is 10.8. The van der Waals surface area contributed by atoms with Crippen molar-refractivity contribution in [2.75, 3.05) is 44.5 Å². The minimum Gasteiger partial charge on any atom is -0.490 e. The van der Waals surface area contributed by atoms with Crippen molar-refractivity contribution >= 4 is 11.6 Å². The van der Waals surface area contributed by atoms with Gasteiger partial charge in [0.1, 0.15) is 6.33 Å². The number of methoxy groups -OCH3 is 1. The predicted molar refractivity (Wildman–Crippen MR) is 70.5 cm³/mol. The Morgan fingerprint density at radius 2 is 2.28 bits per heavy atom. The monoisotopic (exact) mass is 252 g/mol. The second kappa shape index (κ2) is 5.83. The zero-order valence-electron chi connectivity index (χ0n) is 10.8. The van der Waals surface area contributed by atoms with Crippen LogP contribution in [0.2, 0.25) is 0 Å². The third-order valence-electron chi connectivity index (χ3n) is 3.19. The molecule has 2 rings (SSSR count). The normalized spacial score (nSPS) is 19.8. The maximum Gasteiger partial charge on any atom is 0.205 e. The van der Waals surface area contributed by atoms with Gasteiger partial charge in [-0.2, -0.15) is 0 Å². The fourth-order valence-electron chi connectivity index (χ4n) is 2.23. The standard InChI is InChI=1S/C11H20N6O/c1-17-4-3-8(6-17)5-13-10-9(18-2)11(16-12)15-7-14-10/h7-8H,3-6,12H2,1-2H3,(H2,13,14,15,16). The lowest BCUT2D eigenvalue weighted by atomic mass is 10.1. The summed E-state index contributed by atoms with van der Waals surface area (Å²) in [5, 5.41) is 3.30. The Balaban J connectivity index is 2.00. The quantitative estimate of drug-likeness (QED) is 0.507. The number of nitrogen functional groups attached to an aromatic ring is 1. The average molecular weight is 252 g/mol. The van der Waals surface area contributed by atoms with Crippen molar-refractivity contribution in [2.45, 2.75) is 6.42 Å². The van der Waals surface area contributed by atoms with E-state index in [4.69, 9.17) is 10.6 Å². The number of ether oxygens (including phenoxy) is 1. The third kappa shape index (κ3) is 2.80. The molecule has 7 heteroatoms. The Kier molecular flexibility index (Phi) is 4.16. The van der Waals surface area contributed by atoms with Crippen LogP contribution in [-0.4, -0.2) is 48.7 Å². The van der Waals surface area contributed by atoms with Crippen molar-refractivity contribution in [1.29, 1.82) is 0 Å². The molecule has 0 aliphatic carbocycles. The summed E-state index contributed by atoms with van der Waals surface area (Å²) < 4.78 is 5.26. The predicted octanol–water partition coefficient (Wildman–Crippen LogP) is 0.134. The number of nitrogens with zero attached hydrogens (tertiary/aromatic N) is 3. The van der Waals surface area contributed by atoms with Crippen LogP contribution in [0.3, 0.4) is 0 Å². The van der Waals surface area contributed by atoms with Crippen molar-refractivity contribution in [3.05, 3.63) is 6.33 Å². The second-order valence-corrected chi connectivity index (χ2v) is 4.55. The molecule has 7 nitrogen and oxygen atoms in total. The fourth-order valence-corrected chi connectivity index (χ4v) is 2.23. The van der Waals surface area contributed by atoms with Gasteiger partial charge in [-0.25, -0.2) is 15.8 Å². The summed E-state index contributed by atoms with van der Waals surface area (Å²) in [4.78, 5) is 10.5. The van der Waals surface area contributed by atoms with Crippen LogP contribution in [0.25, 0.3) is 0 Å². The molecular formula is C11H20N6O. The van der Waals surface area contributed by atoms with Crippen molar-refractivity contribution in [3.63, 3.8) is 0 Å². The number of nitrogens with one attached hydrogen (secondary N) is 2. The molecule has 18 heavy (non-hydrogen) atoms. The lowest BCUT2D eigenvalue weighted by Gasteiger charge is -2.15. The lowest BCUT2D eigenvalue weighted by Crippen LogP contribution is -2.20.